The van der Waals surface area contributed by atoms with Gasteiger partial charge in [-0.3, -0.25) is 14.9 Å². The monoisotopic (exact) mass is 238 g/mol. The molecule has 0 heterocycles. The van der Waals surface area contributed by atoms with Gasteiger partial charge in [0.05, 0.1) is 11.5 Å². The number of nitrogens with zero attached hydrogens (tertiary/aromatic N) is 1. The number of aryl methyl sites for hydroxylation is 1. The summed E-state index contributed by atoms with van der Waals surface area (Å²) >= 11 is 0. The Kier molecular flexibility index (Phi) is 4.45. The SMILES string of the molecule is CCOC(=O)CCc1ccc([O-])c([N+](=O)[O-])c1. The van der Waals surface area contributed by atoms with Crippen molar-refractivity contribution in [2.45, 2.75) is 19.8 Å². The molecule has 0 aliphatic rings. The zero-order valence-electron chi connectivity index (χ0n) is 9.34. The van der Waals surface area contributed by atoms with E-state index >= 15 is 0 Å². The molecule has 1 aromatic carbocycles. The van der Waals surface area contributed by atoms with E-state index in [9.17, 15) is 20.0 Å². The molecule has 0 saturated carbocycles. The molecule has 17 heavy (non-hydrogen) atoms. The third-order valence-corrected chi connectivity index (χ3v) is 2.14. The van der Waals surface area contributed by atoms with Crippen molar-refractivity contribution in [2.75, 3.05) is 6.61 Å². The van der Waals surface area contributed by atoms with Crippen LogP contribution in [0.4, 0.5) is 5.69 Å². The van der Waals surface area contributed by atoms with Gasteiger partial charge >= 0.3 is 5.97 Å². The average Bonchev–Trinajstić information content (AvgIpc) is 2.28. The van der Waals surface area contributed by atoms with Gasteiger partial charge in [0.15, 0.2) is 0 Å². The first-order valence-corrected chi connectivity index (χ1v) is 5.14. The highest BCUT2D eigenvalue weighted by Gasteiger charge is 2.09. The number of nitro groups is 1. The molecular weight excluding hydrogens is 226 g/mol. The molecule has 1 rings (SSSR count). The number of nitro benzene ring substituents is 1. The molecule has 92 valence electrons. The fourth-order valence-corrected chi connectivity index (χ4v) is 1.34. The zero-order valence-corrected chi connectivity index (χ0v) is 9.34. The first kappa shape index (κ1) is 13.0. The topological polar surface area (TPSA) is 92.5 Å². The Morgan fingerprint density at radius 2 is 2.18 bits per heavy atom. The van der Waals surface area contributed by atoms with Gasteiger partial charge in [-0.2, -0.15) is 0 Å². The molecule has 6 heteroatoms. The van der Waals surface area contributed by atoms with E-state index in [0.717, 1.165) is 6.07 Å². The lowest BCUT2D eigenvalue weighted by molar-refractivity contribution is -0.398. The van der Waals surface area contributed by atoms with Gasteiger partial charge in [-0.25, -0.2) is 0 Å². The highest BCUT2D eigenvalue weighted by molar-refractivity contribution is 5.69. The van der Waals surface area contributed by atoms with E-state index in [1.807, 2.05) is 0 Å². The fourth-order valence-electron chi connectivity index (χ4n) is 1.34. The van der Waals surface area contributed by atoms with Crippen LogP contribution >= 0.6 is 0 Å². The van der Waals surface area contributed by atoms with Crippen molar-refractivity contribution in [2.24, 2.45) is 0 Å². The largest absolute Gasteiger partial charge is 0.868 e. The molecule has 0 atom stereocenters. The molecule has 0 radical (unpaired) electrons. The predicted molar refractivity (Wildman–Crippen MR) is 57.5 cm³/mol. The molecule has 1 aromatic rings. The van der Waals surface area contributed by atoms with Crippen LogP contribution < -0.4 is 5.11 Å². The number of ether oxygens (including phenoxy) is 1. The standard InChI is InChI=1S/C11H13NO5/c1-2-17-11(14)6-4-8-3-5-10(13)9(7-8)12(15)16/h3,5,7,13H,2,4,6H2,1H3/p-1. The minimum Gasteiger partial charge on any atom is -0.868 e. The summed E-state index contributed by atoms with van der Waals surface area (Å²) in [6.07, 6.45) is 0.461. The van der Waals surface area contributed by atoms with Gasteiger partial charge in [0.1, 0.15) is 0 Å². The van der Waals surface area contributed by atoms with Gasteiger partial charge in [0, 0.05) is 12.5 Å². The highest BCUT2D eigenvalue weighted by Crippen LogP contribution is 2.24. The Labute approximate surface area is 98.0 Å². The summed E-state index contributed by atoms with van der Waals surface area (Å²) < 4.78 is 4.73. The van der Waals surface area contributed by atoms with Gasteiger partial charge in [0.25, 0.3) is 5.69 Å². The number of rotatable bonds is 5. The number of carbonyl (C=O) groups excluding carboxylic acids is 1. The van der Waals surface area contributed by atoms with Crippen LogP contribution in [0.3, 0.4) is 0 Å². The quantitative estimate of drug-likeness (QED) is 0.436. The van der Waals surface area contributed by atoms with Crippen molar-refractivity contribution in [1.82, 2.24) is 0 Å². The molecule has 0 spiro atoms. The summed E-state index contributed by atoms with van der Waals surface area (Å²) in [7, 11) is 0. The maximum absolute atomic E-state index is 11.1. The normalized spacial score (nSPS) is 9.94. The first-order valence-electron chi connectivity index (χ1n) is 5.14. The smallest absolute Gasteiger partial charge is 0.306 e. The molecule has 0 aliphatic heterocycles. The van der Waals surface area contributed by atoms with Crippen molar-refractivity contribution in [3.05, 3.63) is 33.9 Å². The van der Waals surface area contributed by atoms with Crippen molar-refractivity contribution in [3.63, 3.8) is 0 Å². The second-order valence-corrected chi connectivity index (χ2v) is 3.36. The Morgan fingerprint density at radius 3 is 2.76 bits per heavy atom. The van der Waals surface area contributed by atoms with E-state index in [1.165, 1.54) is 12.1 Å². The molecule has 0 aromatic heterocycles. The number of benzene rings is 1. The molecule has 0 amide bonds. The highest BCUT2D eigenvalue weighted by atomic mass is 16.6. The van der Waals surface area contributed by atoms with E-state index in [-0.39, 0.29) is 12.4 Å². The van der Waals surface area contributed by atoms with E-state index in [2.05, 4.69) is 0 Å². The van der Waals surface area contributed by atoms with Gasteiger partial charge in [-0.05, 0) is 24.7 Å². The van der Waals surface area contributed by atoms with Crippen LogP contribution in [0.25, 0.3) is 0 Å². The van der Waals surface area contributed by atoms with Crippen LogP contribution in [-0.2, 0) is 16.0 Å². The molecule has 6 nitrogen and oxygen atoms in total. The van der Waals surface area contributed by atoms with Gasteiger partial charge in [0.2, 0.25) is 0 Å². The van der Waals surface area contributed by atoms with E-state index < -0.39 is 16.4 Å². The molecule has 0 fully saturated rings. The summed E-state index contributed by atoms with van der Waals surface area (Å²) in [5.74, 6) is -0.990. The lowest BCUT2D eigenvalue weighted by Crippen LogP contribution is -2.05. The molecule has 0 N–H and O–H groups in total. The van der Waals surface area contributed by atoms with Crippen molar-refractivity contribution in [1.29, 1.82) is 0 Å². The van der Waals surface area contributed by atoms with Crippen LogP contribution in [0.2, 0.25) is 0 Å². The number of carbonyl (C=O) groups is 1. The predicted octanol–water partition coefficient (Wildman–Crippen LogP) is 1.16. The second kappa shape index (κ2) is 5.83. The van der Waals surface area contributed by atoms with Gasteiger partial charge in [-0.15, -0.1) is 0 Å². The Morgan fingerprint density at radius 1 is 1.47 bits per heavy atom. The van der Waals surface area contributed by atoms with Gasteiger partial charge in [-0.1, -0.05) is 12.1 Å². The molecular formula is C11H12NO5-. The Bertz CT molecular complexity index is 430. The summed E-state index contributed by atoms with van der Waals surface area (Å²) in [5.41, 5.74) is 0.107. The van der Waals surface area contributed by atoms with Crippen molar-refractivity contribution in [3.8, 4) is 5.75 Å². The Balaban J connectivity index is 2.69. The average molecular weight is 238 g/mol. The maximum Gasteiger partial charge on any atom is 0.306 e. The molecule has 0 saturated heterocycles. The summed E-state index contributed by atoms with van der Waals surface area (Å²) in [6.45, 7) is 2.01. The van der Waals surface area contributed by atoms with Crippen LogP contribution in [0, 0.1) is 10.1 Å². The van der Waals surface area contributed by atoms with E-state index in [1.54, 1.807) is 6.92 Å². The van der Waals surface area contributed by atoms with E-state index in [0.29, 0.717) is 18.6 Å². The first-order chi connectivity index (χ1) is 8.04. The minimum absolute atomic E-state index is 0.142. The van der Waals surface area contributed by atoms with Crippen molar-refractivity contribution < 1.29 is 19.6 Å². The van der Waals surface area contributed by atoms with Crippen LogP contribution in [-0.4, -0.2) is 17.5 Å². The number of esters is 1. The van der Waals surface area contributed by atoms with E-state index in [4.69, 9.17) is 4.74 Å². The third kappa shape index (κ3) is 3.75. The maximum atomic E-state index is 11.1. The molecule has 0 aliphatic carbocycles. The van der Waals surface area contributed by atoms with Crippen LogP contribution in [0.5, 0.6) is 5.75 Å². The second-order valence-electron chi connectivity index (χ2n) is 3.36. The lowest BCUT2D eigenvalue weighted by atomic mass is 10.1. The van der Waals surface area contributed by atoms with Crippen molar-refractivity contribution >= 4 is 11.7 Å². The van der Waals surface area contributed by atoms with Crippen LogP contribution in [0.1, 0.15) is 18.9 Å². The minimum atomic E-state index is -0.726. The number of hydrogen-bond donors (Lipinski definition) is 0. The Hall–Kier alpha value is -2.11. The number of hydrogen-bond acceptors (Lipinski definition) is 5. The molecule has 0 bridgehead atoms. The van der Waals surface area contributed by atoms with Gasteiger partial charge < -0.3 is 9.84 Å². The summed E-state index contributed by atoms with van der Waals surface area (Å²) in [4.78, 5) is 20.9. The zero-order chi connectivity index (χ0) is 12.8. The van der Waals surface area contributed by atoms with Crippen LogP contribution in [0.15, 0.2) is 18.2 Å². The lowest BCUT2D eigenvalue weighted by Gasteiger charge is -2.08. The molecule has 0 unspecified atom stereocenters. The fraction of sp³-hybridized carbons (Fsp3) is 0.364. The third-order valence-electron chi connectivity index (χ3n) is 2.14. The summed E-state index contributed by atoms with van der Waals surface area (Å²) in [6, 6.07) is 3.81. The summed E-state index contributed by atoms with van der Waals surface area (Å²) in [5, 5.41) is 21.6.